The lowest BCUT2D eigenvalue weighted by Gasteiger charge is -2.24. The highest BCUT2D eigenvalue weighted by atomic mass is 31.2. The van der Waals surface area contributed by atoms with Gasteiger partial charge in [-0.3, -0.25) is 18.6 Å². The van der Waals surface area contributed by atoms with Crippen LogP contribution in [0.1, 0.15) is 219 Å². The summed E-state index contributed by atoms with van der Waals surface area (Å²) in [6.07, 6.45) is 45.1. The highest BCUT2D eigenvalue weighted by molar-refractivity contribution is 7.47. The molecule has 0 saturated heterocycles. The number of rotatable bonds is 44. The van der Waals surface area contributed by atoms with Crippen molar-refractivity contribution in [2.75, 3.05) is 47.5 Å². The van der Waals surface area contributed by atoms with E-state index in [-0.39, 0.29) is 25.6 Å². The maximum atomic E-state index is 12.7. The number of carbonyl (C=O) groups excluding carboxylic acids is 2. The smallest absolute Gasteiger partial charge is 0.462 e. The van der Waals surface area contributed by atoms with Gasteiger partial charge in [-0.05, 0) is 38.5 Å². The number of allylic oxidation sites excluding steroid dienone is 4. The molecule has 0 saturated carbocycles. The summed E-state index contributed by atoms with van der Waals surface area (Å²) in [7, 11) is 1.47. The SMILES string of the molecule is CCCC/C=C/C/C=C/CCCCCCCC(=O)O[C@H](COC(=O)CCCCCCCCCCCCCCCCCCCCCC)COP(=O)(O)OCC[N+](C)(C)C. The third-order valence-corrected chi connectivity index (χ3v) is 11.5. The Morgan fingerprint density at radius 3 is 1.41 bits per heavy atom. The second-order valence-corrected chi connectivity index (χ2v) is 19.0. The quantitative estimate of drug-likeness (QED) is 0.0212. The number of nitrogens with zero attached hydrogens (tertiary/aromatic N) is 1. The van der Waals surface area contributed by atoms with Gasteiger partial charge >= 0.3 is 19.8 Å². The molecule has 0 heterocycles. The van der Waals surface area contributed by atoms with Crippen LogP contribution in [0, 0.1) is 0 Å². The molecule has 1 N–H and O–H groups in total. The highest BCUT2D eigenvalue weighted by Gasteiger charge is 2.27. The Morgan fingerprint density at radius 2 is 0.948 bits per heavy atom. The fourth-order valence-corrected chi connectivity index (χ4v) is 7.42. The van der Waals surface area contributed by atoms with Crippen LogP contribution in [-0.4, -0.2) is 74.9 Å². The molecule has 0 aromatic rings. The zero-order valence-electron chi connectivity index (χ0n) is 38.5. The summed E-state index contributed by atoms with van der Waals surface area (Å²) >= 11 is 0. The largest absolute Gasteiger partial charge is 0.472 e. The van der Waals surface area contributed by atoms with Crippen molar-refractivity contribution in [1.29, 1.82) is 0 Å². The van der Waals surface area contributed by atoms with Crippen LogP contribution in [-0.2, 0) is 32.7 Å². The van der Waals surface area contributed by atoms with E-state index >= 15 is 0 Å². The molecule has 9 nitrogen and oxygen atoms in total. The number of phosphoric acid groups is 1. The van der Waals surface area contributed by atoms with Gasteiger partial charge in [0.25, 0.3) is 0 Å². The lowest BCUT2D eigenvalue weighted by atomic mass is 10.0. The summed E-state index contributed by atoms with van der Waals surface area (Å²) in [6.45, 7) is 4.39. The third-order valence-electron chi connectivity index (χ3n) is 10.5. The van der Waals surface area contributed by atoms with Crippen LogP contribution in [0.2, 0.25) is 0 Å². The number of esters is 2. The molecule has 0 aromatic heterocycles. The summed E-state index contributed by atoms with van der Waals surface area (Å²) in [5.41, 5.74) is 0. The summed E-state index contributed by atoms with van der Waals surface area (Å²) in [5, 5.41) is 0. The van der Waals surface area contributed by atoms with Gasteiger partial charge in [-0.15, -0.1) is 0 Å². The van der Waals surface area contributed by atoms with Crippen molar-refractivity contribution < 1.29 is 42.1 Å². The Morgan fingerprint density at radius 1 is 0.534 bits per heavy atom. The van der Waals surface area contributed by atoms with Gasteiger partial charge in [0.2, 0.25) is 0 Å². The zero-order valence-corrected chi connectivity index (χ0v) is 39.4. The Hall–Kier alpha value is -1.51. The third kappa shape index (κ3) is 44.1. The molecule has 0 amide bonds. The highest BCUT2D eigenvalue weighted by Crippen LogP contribution is 2.43. The maximum absolute atomic E-state index is 12.7. The van der Waals surface area contributed by atoms with E-state index in [1.165, 1.54) is 122 Å². The van der Waals surface area contributed by atoms with Crippen molar-refractivity contribution in [3.8, 4) is 0 Å². The Bertz CT molecular complexity index is 1040. The first-order chi connectivity index (χ1) is 28.0. The molecular weight excluding hydrogens is 750 g/mol. The zero-order chi connectivity index (χ0) is 42.8. The van der Waals surface area contributed by atoms with Crippen LogP contribution >= 0.6 is 7.82 Å². The van der Waals surface area contributed by atoms with E-state index in [4.69, 9.17) is 18.5 Å². The molecule has 0 aromatic carbocycles. The molecule has 0 aliphatic carbocycles. The number of hydrogen-bond acceptors (Lipinski definition) is 7. The summed E-state index contributed by atoms with van der Waals surface area (Å²) in [5.74, 6) is -0.805. The number of ether oxygens (including phenoxy) is 2. The van der Waals surface area contributed by atoms with E-state index in [1.807, 2.05) is 21.1 Å². The number of phosphoric ester groups is 1. The van der Waals surface area contributed by atoms with Crippen LogP contribution in [0.5, 0.6) is 0 Å². The first kappa shape index (κ1) is 56.5. The first-order valence-electron chi connectivity index (χ1n) is 24.1. The Kier molecular flexibility index (Phi) is 39.8. The van der Waals surface area contributed by atoms with E-state index in [0.717, 1.165) is 64.2 Å². The van der Waals surface area contributed by atoms with Crippen LogP contribution in [0.25, 0.3) is 0 Å². The van der Waals surface area contributed by atoms with Crippen LogP contribution < -0.4 is 0 Å². The molecule has 0 aliphatic rings. The average molecular weight is 843 g/mol. The molecule has 10 heteroatoms. The minimum Gasteiger partial charge on any atom is -0.462 e. The van der Waals surface area contributed by atoms with Crippen LogP contribution in [0.15, 0.2) is 24.3 Å². The summed E-state index contributed by atoms with van der Waals surface area (Å²) in [6, 6.07) is 0. The van der Waals surface area contributed by atoms with Crippen molar-refractivity contribution in [2.24, 2.45) is 0 Å². The van der Waals surface area contributed by atoms with Crippen molar-refractivity contribution >= 4 is 19.8 Å². The normalized spacial score (nSPS) is 13.7. The van der Waals surface area contributed by atoms with Gasteiger partial charge in [0, 0.05) is 12.8 Å². The second kappa shape index (κ2) is 40.9. The second-order valence-electron chi connectivity index (χ2n) is 17.5. The molecule has 1 unspecified atom stereocenters. The molecule has 0 aliphatic heterocycles. The maximum Gasteiger partial charge on any atom is 0.472 e. The number of likely N-dealkylation sites (N-methyl/N-ethyl adjacent to an activating group) is 1. The van der Waals surface area contributed by atoms with E-state index < -0.39 is 26.5 Å². The predicted molar refractivity (Wildman–Crippen MR) is 243 cm³/mol. The average Bonchev–Trinajstić information content (AvgIpc) is 3.17. The van der Waals surface area contributed by atoms with Gasteiger partial charge in [-0.25, -0.2) is 4.57 Å². The van der Waals surface area contributed by atoms with Gasteiger partial charge in [-0.2, -0.15) is 0 Å². The molecule has 0 spiro atoms. The molecule has 0 bridgehead atoms. The summed E-state index contributed by atoms with van der Waals surface area (Å²) in [4.78, 5) is 35.4. The molecule has 0 rings (SSSR count). The number of unbranched alkanes of at least 4 members (excludes halogenated alkanes) is 26. The Balaban J connectivity index is 4.25. The topological polar surface area (TPSA) is 108 Å². The Labute approximate surface area is 358 Å². The van der Waals surface area contributed by atoms with Crippen LogP contribution in [0.4, 0.5) is 0 Å². The minimum atomic E-state index is -4.38. The minimum absolute atomic E-state index is 0.0307. The molecular formula is C48H93NO8P+. The standard InChI is InChI=1S/C48H92NO8P/c1-6-8-10-12-14-16-18-20-22-23-24-25-26-27-29-30-32-34-36-38-40-47(50)54-44-46(45-56-58(52,53)55-43-42-49(3,4)5)57-48(51)41-39-37-35-33-31-28-21-19-17-15-13-11-9-7-2/h13,15,19,21,46H,6-12,14,16-18,20,22-45H2,1-5H3/p+1/b15-13+,21-19+/t46-/m1/s1. The van der Waals surface area contributed by atoms with Crippen molar-refractivity contribution in [3.05, 3.63) is 24.3 Å². The van der Waals surface area contributed by atoms with E-state index in [1.54, 1.807) is 0 Å². The fourth-order valence-electron chi connectivity index (χ4n) is 6.68. The summed E-state index contributed by atoms with van der Waals surface area (Å²) < 4.78 is 34.4. The molecule has 0 fully saturated rings. The predicted octanol–water partition coefficient (Wildman–Crippen LogP) is 13.9. The molecule has 58 heavy (non-hydrogen) atoms. The number of quaternary nitrogens is 1. The first-order valence-corrected chi connectivity index (χ1v) is 25.6. The van der Waals surface area contributed by atoms with Gasteiger partial charge in [0.1, 0.15) is 19.8 Å². The van der Waals surface area contributed by atoms with Crippen molar-refractivity contribution in [2.45, 2.75) is 225 Å². The van der Waals surface area contributed by atoms with Gasteiger partial charge in [0.15, 0.2) is 6.10 Å². The fraction of sp³-hybridized carbons (Fsp3) is 0.875. The van der Waals surface area contributed by atoms with Crippen molar-refractivity contribution in [1.82, 2.24) is 0 Å². The van der Waals surface area contributed by atoms with Crippen molar-refractivity contribution in [3.63, 3.8) is 0 Å². The monoisotopic (exact) mass is 843 g/mol. The number of hydrogen-bond donors (Lipinski definition) is 1. The van der Waals surface area contributed by atoms with E-state index in [9.17, 15) is 19.0 Å². The molecule has 0 radical (unpaired) electrons. The lowest BCUT2D eigenvalue weighted by molar-refractivity contribution is -0.870. The molecule has 342 valence electrons. The lowest BCUT2D eigenvalue weighted by Crippen LogP contribution is -2.37. The van der Waals surface area contributed by atoms with Gasteiger partial charge in [0.05, 0.1) is 27.7 Å². The van der Waals surface area contributed by atoms with Gasteiger partial charge < -0.3 is 18.9 Å². The van der Waals surface area contributed by atoms with Gasteiger partial charge in [-0.1, -0.05) is 192 Å². The van der Waals surface area contributed by atoms with E-state index in [0.29, 0.717) is 23.9 Å². The van der Waals surface area contributed by atoms with E-state index in [2.05, 4.69) is 38.2 Å². The molecule has 2 atom stereocenters. The van der Waals surface area contributed by atoms with Crippen LogP contribution in [0.3, 0.4) is 0 Å². The number of carbonyl (C=O) groups is 2.